The van der Waals surface area contributed by atoms with Gasteiger partial charge in [-0.25, -0.2) is 0 Å². The summed E-state index contributed by atoms with van der Waals surface area (Å²) in [6, 6.07) is 11.0. The molecule has 0 radical (unpaired) electrons. The summed E-state index contributed by atoms with van der Waals surface area (Å²) in [6.07, 6.45) is 3.50. The van der Waals surface area contributed by atoms with Gasteiger partial charge >= 0.3 is 0 Å². The number of hydrogen-bond donors (Lipinski definition) is 4. The van der Waals surface area contributed by atoms with E-state index in [0.717, 1.165) is 37.2 Å². The zero-order valence-corrected chi connectivity index (χ0v) is 15.9. The highest BCUT2D eigenvalue weighted by Crippen LogP contribution is 2.25. The van der Waals surface area contributed by atoms with Crippen LogP contribution in [0.15, 0.2) is 47.4 Å². The lowest BCUT2D eigenvalue weighted by Gasteiger charge is -2.17. The maximum Gasteiger partial charge on any atom is 0.254 e. The molecule has 9 heteroatoms. The highest BCUT2D eigenvalue weighted by molar-refractivity contribution is 5.94. The zero-order valence-electron chi connectivity index (χ0n) is 15.9. The average molecular weight is 393 g/mol. The molecule has 1 unspecified atom stereocenters. The second-order valence-electron chi connectivity index (χ2n) is 7.26. The summed E-state index contributed by atoms with van der Waals surface area (Å²) in [6.45, 7) is 2.03. The van der Waals surface area contributed by atoms with Gasteiger partial charge in [0, 0.05) is 30.9 Å². The van der Waals surface area contributed by atoms with Gasteiger partial charge in [-0.2, -0.15) is 10.1 Å². The van der Waals surface area contributed by atoms with Crippen molar-refractivity contribution in [1.82, 2.24) is 25.5 Å². The number of rotatable bonds is 6. The third kappa shape index (κ3) is 4.63. The highest BCUT2D eigenvalue weighted by Gasteiger charge is 2.24. The van der Waals surface area contributed by atoms with Crippen molar-refractivity contribution in [3.8, 4) is 0 Å². The third-order valence-corrected chi connectivity index (χ3v) is 5.07. The van der Waals surface area contributed by atoms with Gasteiger partial charge in [-0.3, -0.25) is 19.7 Å². The molecule has 3 heterocycles. The first-order valence-corrected chi connectivity index (χ1v) is 9.54. The van der Waals surface area contributed by atoms with Crippen LogP contribution in [-0.4, -0.2) is 39.2 Å². The number of aromatic amines is 2. The lowest BCUT2D eigenvalue weighted by Crippen LogP contribution is -2.24. The van der Waals surface area contributed by atoms with Crippen LogP contribution in [0, 0.1) is 5.92 Å². The first-order valence-electron chi connectivity index (χ1n) is 9.54. The molecule has 5 N–H and O–H groups in total. The Hall–Kier alpha value is -3.62. The summed E-state index contributed by atoms with van der Waals surface area (Å²) in [5, 5.41) is 9.59. The van der Waals surface area contributed by atoms with E-state index >= 15 is 0 Å². The van der Waals surface area contributed by atoms with Crippen molar-refractivity contribution in [2.75, 3.05) is 23.7 Å². The Morgan fingerprint density at radius 3 is 3.00 bits per heavy atom. The lowest BCUT2D eigenvalue weighted by molar-refractivity contribution is 0.0950. The number of benzene rings is 1. The molecule has 2 aromatic heterocycles. The van der Waals surface area contributed by atoms with Crippen molar-refractivity contribution in [3.63, 3.8) is 0 Å². The Labute approximate surface area is 167 Å². The smallest absolute Gasteiger partial charge is 0.254 e. The van der Waals surface area contributed by atoms with E-state index in [1.165, 1.54) is 6.07 Å². The molecule has 1 aromatic carbocycles. The molecule has 1 amide bonds. The molecule has 1 aliphatic heterocycles. The predicted molar refractivity (Wildman–Crippen MR) is 109 cm³/mol. The van der Waals surface area contributed by atoms with Gasteiger partial charge in [-0.15, -0.1) is 0 Å². The fraction of sp³-hybridized carbons (Fsp3) is 0.300. The number of nitrogen functional groups attached to an aromatic ring is 1. The molecule has 1 aliphatic rings. The van der Waals surface area contributed by atoms with E-state index < -0.39 is 0 Å². The Balaban J connectivity index is 1.37. The van der Waals surface area contributed by atoms with Crippen LogP contribution in [0.1, 0.15) is 28.0 Å². The van der Waals surface area contributed by atoms with Gasteiger partial charge < -0.3 is 16.0 Å². The van der Waals surface area contributed by atoms with Crippen molar-refractivity contribution in [3.05, 3.63) is 69.8 Å². The van der Waals surface area contributed by atoms with Crippen LogP contribution in [-0.2, 0) is 13.0 Å². The van der Waals surface area contributed by atoms with Crippen LogP contribution < -0.4 is 21.5 Å². The van der Waals surface area contributed by atoms with Gasteiger partial charge in [0.1, 0.15) is 5.82 Å². The SMILES string of the molecule is Nc1nc(N2CCC(Cc3cccc(C(=O)NCc4ccn[nH]4)c3)C2)cc(=O)[nH]1. The van der Waals surface area contributed by atoms with Crippen LogP contribution in [0.3, 0.4) is 0 Å². The summed E-state index contributed by atoms with van der Waals surface area (Å²) in [5.41, 5.74) is 8.01. The third-order valence-electron chi connectivity index (χ3n) is 5.07. The maximum absolute atomic E-state index is 12.4. The van der Waals surface area contributed by atoms with Crippen molar-refractivity contribution in [2.24, 2.45) is 5.92 Å². The predicted octanol–water partition coefficient (Wildman–Crippen LogP) is 1.07. The van der Waals surface area contributed by atoms with E-state index in [4.69, 9.17) is 5.73 Å². The standard InChI is InChI=1S/C20H23N7O2/c21-20-24-17(10-18(28)25-20)27-7-5-14(12-27)8-13-2-1-3-15(9-13)19(29)22-11-16-4-6-23-26-16/h1-4,6,9-10,14H,5,7-8,11-12H2,(H,22,29)(H,23,26)(H3,21,24,25,28). The Morgan fingerprint density at radius 1 is 1.31 bits per heavy atom. The van der Waals surface area contributed by atoms with Crippen molar-refractivity contribution < 1.29 is 4.79 Å². The minimum atomic E-state index is -0.246. The second-order valence-corrected chi connectivity index (χ2v) is 7.26. The number of nitrogens with two attached hydrogens (primary N) is 1. The Kier molecular flexibility index (Phi) is 5.28. The van der Waals surface area contributed by atoms with Gasteiger partial charge in [0.25, 0.3) is 11.5 Å². The first kappa shape index (κ1) is 18.7. The van der Waals surface area contributed by atoms with Crippen LogP contribution in [0.5, 0.6) is 0 Å². The monoisotopic (exact) mass is 393 g/mol. The maximum atomic E-state index is 12.4. The minimum Gasteiger partial charge on any atom is -0.369 e. The number of hydrogen-bond acceptors (Lipinski definition) is 6. The minimum absolute atomic E-state index is 0.113. The van der Waals surface area contributed by atoms with Crippen molar-refractivity contribution in [2.45, 2.75) is 19.4 Å². The summed E-state index contributed by atoms with van der Waals surface area (Å²) in [5.74, 6) is 1.05. The van der Waals surface area contributed by atoms with E-state index in [1.54, 1.807) is 6.20 Å². The van der Waals surface area contributed by atoms with Crippen LogP contribution in [0.25, 0.3) is 0 Å². The van der Waals surface area contributed by atoms with E-state index in [9.17, 15) is 9.59 Å². The number of carbonyl (C=O) groups is 1. The number of aromatic nitrogens is 4. The molecule has 4 rings (SSSR count). The lowest BCUT2D eigenvalue weighted by atomic mass is 9.97. The molecule has 29 heavy (non-hydrogen) atoms. The molecule has 9 nitrogen and oxygen atoms in total. The number of nitrogens with one attached hydrogen (secondary N) is 3. The van der Waals surface area contributed by atoms with E-state index in [0.29, 0.717) is 23.8 Å². The van der Waals surface area contributed by atoms with Crippen LogP contribution >= 0.6 is 0 Å². The molecular weight excluding hydrogens is 370 g/mol. The molecule has 0 spiro atoms. The molecular formula is C20H23N7O2. The molecule has 3 aromatic rings. The molecule has 1 atom stereocenters. The summed E-state index contributed by atoms with van der Waals surface area (Å²) < 4.78 is 0. The Morgan fingerprint density at radius 2 is 2.21 bits per heavy atom. The Bertz CT molecular complexity index is 1040. The fourth-order valence-corrected chi connectivity index (χ4v) is 3.67. The zero-order chi connectivity index (χ0) is 20.2. The van der Waals surface area contributed by atoms with Gasteiger partial charge in [0.15, 0.2) is 0 Å². The van der Waals surface area contributed by atoms with Gasteiger partial charge in [-0.05, 0) is 42.5 Å². The molecule has 1 fully saturated rings. The first-order chi connectivity index (χ1) is 14.1. The number of H-pyrrole nitrogens is 2. The second kappa shape index (κ2) is 8.17. The summed E-state index contributed by atoms with van der Waals surface area (Å²) in [7, 11) is 0. The van der Waals surface area contributed by atoms with Gasteiger partial charge in [0.05, 0.1) is 12.2 Å². The number of amides is 1. The number of nitrogens with zero attached hydrogens (tertiary/aromatic N) is 3. The highest BCUT2D eigenvalue weighted by atomic mass is 16.1. The molecule has 1 saturated heterocycles. The number of carbonyl (C=O) groups excluding carboxylic acids is 1. The normalized spacial score (nSPS) is 16.1. The largest absolute Gasteiger partial charge is 0.369 e. The van der Waals surface area contributed by atoms with Gasteiger partial charge in [-0.1, -0.05) is 12.1 Å². The van der Waals surface area contributed by atoms with E-state index in [2.05, 4.69) is 30.4 Å². The summed E-state index contributed by atoms with van der Waals surface area (Å²) in [4.78, 5) is 32.8. The van der Waals surface area contributed by atoms with Crippen molar-refractivity contribution in [1.29, 1.82) is 0 Å². The topological polar surface area (TPSA) is 133 Å². The van der Waals surface area contributed by atoms with E-state index in [1.807, 2.05) is 30.3 Å². The van der Waals surface area contributed by atoms with Gasteiger partial charge in [0.2, 0.25) is 5.95 Å². The molecule has 0 saturated carbocycles. The number of anilines is 2. The quantitative estimate of drug-likeness (QED) is 0.495. The average Bonchev–Trinajstić information content (AvgIpc) is 3.37. The fourth-order valence-electron chi connectivity index (χ4n) is 3.67. The van der Waals surface area contributed by atoms with Crippen molar-refractivity contribution >= 4 is 17.7 Å². The molecule has 150 valence electrons. The molecule has 0 bridgehead atoms. The molecule has 0 aliphatic carbocycles. The summed E-state index contributed by atoms with van der Waals surface area (Å²) >= 11 is 0. The van der Waals surface area contributed by atoms with E-state index in [-0.39, 0.29) is 17.4 Å². The van der Waals surface area contributed by atoms with Crippen LogP contribution in [0.2, 0.25) is 0 Å². The van der Waals surface area contributed by atoms with Crippen LogP contribution in [0.4, 0.5) is 11.8 Å².